The zero-order valence-electron chi connectivity index (χ0n) is 12.3. The maximum atomic E-state index is 13.2. The van der Waals surface area contributed by atoms with Crippen molar-refractivity contribution in [3.05, 3.63) is 79.3 Å². The van der Waals surface area contributed by atoms with Crippen LogP contribution in [0.4, 0.5) is 8.78 Å². The molecule has 0 fully saturated rings. The predicted molar refractivity (Wildman–Crippen MR) is 89.6 cm³/mol. The summed E-state index contributed by atoms with van der Waals surface area (Å²) < 4.78 is 33.3. The lowest BCUT2D eigenvalue weighted by molar-refractivity contribution is 0.0467. The standard InChI is InChI=1S/C16H8BrClF2N2O3/c17-8-1-2-14-21-9(3-15(23)22(14)6-8)7-25-16(24)10-4-12(19)13(20)5-11(10)18/h1-6H,7H2. The molecule has 0 amide bonds. The quantitative estimate of drug-likeness (QED) is 0.470. The van der Waals surface area contributed by atoms with E-state index in [1.165, 1.54) is 10.5 Å². The Morgan fingerprint density at radius 1 is 1.24 bits per heavy atom. The van der Waals surface area contributed by atoms with Crippen LogP contribution in [0.15, 0.2) is 45.8 Å². The van der Waals surface area contributed by atoms with Gasteiger partial charge in [-0.05, 0) is 40.2 Å². The first-order valence-corrected chi connectivity index (χ1v) is 8.02. The Balaban J connectivity index is 1.83. The summed E-state index contributed by atoms with van der Waals surface area (Å²) in [7, 11) is 0. The molecule has 0 saturated carbocycles. The summed E-state index contributed by atoms with van der Waals surface area (Å²) in [6.45, 7) is -0.323. The van der Waals surface area contributed by atoms with Crippen molar-refractivity contribution in [1.29, 1.82) is 0 Å². The summed E-state index contributed by atoms with van der Waals surface area (Å²) in [5.41, 5.74) is -0.0998. The van der Waals surface area contributed by atoms with Crippen LogP contribution in [-0.4, -0.2) is 15.4 Å². The van der Waals surface area contributed by atoms with E-state index in [0.29, 0.717) is 22.3 Å². The number of hydrogen-bond acceptors (Lipinski definition) is 4. The smallest absolute Gasteiger partial charge is 0.340 e. The normalized spacial score (nSPS) is 10.9. The summed E-state index contributed by atoms with van der Waals surface area (Å²) in [6, 6.07) is 5.87. The first-order chi connectivity index (χ1) is 11.8. The Labute approximate surface area is 153 Å². The third-order valence-electron chi connectivity index (χ3n) is 3.26. The van der Waals surface area contributed by atoms with Crippen LogP contribution in [0.2, 0.25) is 5.02 Å². The number of hydrogen-bond donors (Lipinski definition) is 0. The number of carbonyl (C=O) groups is 1. The highest BCUT2D eigenvalue weighted by Crippen LogP contribution is 2.21. The highest BCUT2D eigenvalue weighted by Gasteiger charge is 2.17. The molecule has 0 atom stereocenters. The fourth-order valence-corrected chi connectivity index (χ4v) is 2.66. The number of ether oxygens (including phenoxy) is 1. The third-order valence-corrected chi connectivity index (χ3v) is 4.04. The van der Waals surface area contributed by atoms with Crippen molar-refractivity contribution < 1.29 is 18.3 Å². The summed E-state index contributed by atoms with van der Waals surface area (Å²) in [5.74, 6) is -3.34. The predicted octanol–water partition coefficient (Wildman–Crippen LogP) is 3.75. The van der Waals surface area contributed by atoms with E-state index in [-0.39, 0.29) is 28.4 Å². The average molecular weight is 430 g/mol. The molecule has 3 rings (SSSR count). The van der Waals surface area contributed by atoms with E-state index < -0.39 is 17.6 Å². The lowest BCUT2D eigenvalue weighted by Crippen LogP contribution is -2.16. The molecule has 0 N–H and O–H groups in total. The van der Waals surface area contributed by atoms with Crippen LogP contribution in [0.3, 0.4) is 0 Å². The lowest BCUT2D eigenvalue weighted by Gasteiger charge is -2.08. The van der Waals surface area contributed by atoms with Crippen molar-refractivity contribution in [2.45, 2.75) is 6.61 Å². The van der Waals surface area contributed by atoms with E-state index in [1.807, 2.05) is 0 Å². The SMILES string of the molecule is O=C(OCc1cc(=O)n2cc(Br)ccc2n1)c1cc(F)c(F)cc1Cl. The molecule has 1 aromatic carbocycles. The number of halogens is 4. The minimum absolute atomic E-state index is 0.208. The van der Waals surface area contributed by atoms with E-state index in [2.05, 4.69) is 20.9 Å². The van der Waals surface area contributed by atoms with E-state index in [9.17, 15) is 18.4 Å². The zero-order valence-corrected chi connectivity index (χ0v) is 14.6. The number of esters is 1. The van der Waals surface area contributed by atoms with Gasteiger partial charge in [0.05, 0.1) is 16.3 Å². The van der Waals surface area contributed by atoms with E-state index in [1.54, 1.807) is 18.3 Å². The second kappa shape index (κ2) is 6.89. The van der Waals surface area contributed by atoms with Gasteiger partial charge >= 0.3 is 5.97 Å². The molecule has 0 unspecified atom stereocenters. The summed E-state index contributed by atoms with van der Waals surface area (Å²) in [5, 5.41) is -0.278. The van der Waals surface area contributed by atoms with Crippen molar-refractivity contribution in [2.24, 2.45) is 0 Å². The number of fused-ring (bicyclic) bond motifs is 1. The van der Waals surface area contributed by atoms with Crippen LogP contribution in [-0.2, 0) is 11.3 Å². The summed E-state index contributed by atoms with van der Waals surface area (Å²) in [4.78, 5) is 28.2. The Morgan fingerprint density at radius 2 is 1.96 bits per heavy atom. The van der Waals surface area contributed by atoms with Gasteiger partial charge in [-0.15, -0.1) is 0 Å². The van der Waals surface area contributed by atoms with Crippen molar-refractivity contribution in [2.75, 3.05) is 0 Å². The summed E-state index contributed by atoms with van der Waals surface area (Å²) in [6.07, 6.45) is 1.56. The molecular weight excluding hydrogens is 422 g/mol. The molecule has 5 nitrogen and oxygen atoms in total. The van der Waals surface area contributed by atoms with Gasteiger partial charge in [-0.2, -0.15) is 0 Å². The van der Waals surface area contributed by atoms with Crippen LogP contribution >= 0.6 is 27.5 Å². The van der Waals surface area contributed by atoms with Gasteiger partial charge in [0.1, 0.15) is 12.3 Å². The van der Waals surface area contributed by atoms with Crippen molar-refractivity contribution in [3.8, 4) is 0 Å². The first-order valence-electron chi connectivity index (χ1n) is 6.84. The largest absolute Gasteiger partial charge is 0.456 e. The minimum Gasteiger partial charge on any atom is -0.456 e. The van der Waals surface area contributed by atoms with Crippen LogP contribution in [0, 0.1) is 11.6 Å². The van der Waals surface area contributed by atoms with Gasteiger partial charge < -0.3 is 4.74 Å². The number of rotatable bonds is 3. The Kier molecular flexibility index (Phi) is 4.82. The van der Waals surface area contributed by atoms with Crippen LogP contribution in [0.5, 0.6) is 0 Å². The number of carbonyl (C=O) groups excluding carboxylic acids is 1. The zero-order chi connectivity index (χ0) is 18.1. The molecule has 0 aliphatic carbocycles. The van der Waals surface area contributed by atoms with Crippen molar-refractivity contribution in [1.82, 2.24) is 9.38 Å². The number of aromatic nitrogens is 2. The fourth-order valence-electron chi connectivity index (χ4n) is 2.10. The van der Waals surface area contributed by atoms with E-state index in [4.69, 9.17) is 16.3 Å². The average Bonchev–Trinajstić information content (AvgIpc) is 2.56. The van der Waals surface area contributed by atoms with Crippen LogP contribution in [0.25, 0.3) is 5.65 Å². The lowest BCUT2D eigenvalue weighted by atomic mass is 10.2. The first kappa shape index (κ1) is 17.5. The summed E-state index contributed by atoms with van der Waals surface area (Å²) >= 11 is 8.97. The van der Waals surface area contributed by atoms with E-state index >= 15 is 0 Å². The van der Waals surface area contributed by atoms with Crippen molar-refractivity contribution >= 4 is 39.1 Å². The maximum Gasteiger partial charge on any atom is 0.340 e. The second-order valence-electron chi connectivity index (χ2n) is 4.98. The van der Waals surface area contributed by atoms with Crippen LogP contribution < -0.4 is 5.56 Å². The monoisotopic (exact) mass is 428 g/mol. The topological polar surface area (TPSA) is 60.7 Å². The molecule has 2 aromatic heterocycles. The molecule has 0 bridgehead atoms. The van der Waals surface area contributed by atoms with Gasteiger partial charge in [-0.1, -0.05) is 11.6 Å². The molecule has 0 aliphatic heterocycles. The Morgan fingerprint density at radius 3 is 2.72 bits per heavy atom. The van der Waals surface area contributed by atoms with Gasteiger partial charge in [0.15, 0.2) is 11.6 Å². The minimum atomic E-state index is -1.22. The Hall–Kier alpha value is -2.32. The Bertz CT molecular complexity index is 1060. The molecule has 0 spiro atoms. The number of pyridine rings is 1. The molecule has 128 valence electrons. The molecule has 0 radical (unpaired) electrons. The molecule has 3 aromatic rings. The molecule has 25 heavy (non-hydrogen) atoms. The van der Waals surface area contributed by atoms with Crippen LogP contribution in [0.1, 0.15) is 16.1 Å². The number of nitrogens with zero attached hydrogens (tertiary/aromatic N) is 2. The molecule has 2 heterocycles. The number of benzene rings is 1. The second-order valence-corrected chi connectivity index (χ2v) is 6.31. The fraction of sp³-hybridized carbons (Fsp3) is 0.0625. The third kappa shape index (κ3) is 3.69. The van der Waals surface area contributed by atoms with E-state index in [0.717, 1.165) is 0 Å². The van der Waals surface area contributed by atoms with Gasteiger partial charge in [-0.3, -0.25) is 9.20 Å². The maximum absolute atomic E-state index is 13.2. The molecule has 0 saturated heterocycles. The van der Waals surface area contributed by atoms with Crippen molar-refractivity contribution in [3.63, 3.8) is 0 Å². The molecular formula is C16H8BrClF2N2O3. The highest BCUT2D eigenvalue weighted by molar-refractivity contribution is 9.10. The highest BCUT2D eigenvalue weighted by atomic mass is 79.9. The molecule has 0 aliphatic rings. The van der Waals surface area contributed by atoms with Gasteiger partial charge in [-0.25, -0.2) is 18.6 Å². The molecule has 9 heteroatoms. The van der Waals surface area contributed by atoms with Gasteiger partial charge in [0.25, 0.3) is 5.56 Å². The van der Waals surface area contributed by atoms with Gasteiger partial charge in [0, 0.05) is 16.7 Å². The van der Waals surface area contributed by atoms with Gasteiger partial charge in [0.2, 0.25) is 0 Å².